The molecule has 0 spiro atoms. The molecule has 4 aromatic rings. The van der Waals surface area contributed by atoms with E-state index in [1.807, 2.05) is 52.0 Å². The fraction of sp³-hybridized carbons (Fsp3) is 0.281. The smallest absolute Gasteiger partial charge is 0.301 e. The third kappa shape index (κ3) is 4.70. The first-order valence-corrected chi connectivity index (χ1v) is 14.5. The van der Waals surface area contributed by atoms with Gasteiger partial charge in [-0.2, -0.15) is 0 Å². The normalized spacial score (nSPS) is 19.5. The van der Waals surface area contributed by atoms with Gasteiger partial charge in [-0.3, -0.25) is 14.5 Å². The number of hydrogen-bond donors (Lipinski definition) is 1. The molecule has 0 unspecified atom stereocenters. The molecule has 1 fully saturated rings. The number of aryl methyl sites for hydroxylation is 1. The molecule has 0 radical (unpaired) electrons. The Bertz CT molecular complexity index is 1720. The Morgan fingerprint density at radius 3 is 2.61 bits per heavy atom. The summed E-state index contributed by atoms with van der Waals surface area (Å²) in [5, 5.41) is 12.0. The van der Waals surface area contributed by atoms with Crippen molar-refractivity contribution in [2.45, 2.75) is 46.3 Å². The average molecular weight is 571 g/mol. The van der Waals surface area contributed by atoms with Gasteiger partial charge < -0.3 is 19.3 Å². The van der Waals surface area contributed by atoms with Gasteiger partial charge in [-0.1, -0.05) is 23.5 Å². The van der Waals surface area contributed by atoms with Crippen LogP contribution in [0.15, 0.2) is 60.2 Å². The largest absolute Gasteiger partial charge is 0.507 e. The van der Waals surface area contributed by atoms with Gasteiger partial charge in [-0.05, 0) is 86.8 Å². The van der Waals surface area contributed by atoms with Crippen LogP contribution in [-0.2, 0) is 16.0 Å². The zero-order chi connectivity index (χ0) is 28.8. The van der Waals surface area contributed by atoms with E-state index in [-0.39, 0.29) is 17.4 Å². The van der Waals surface area contributed by atoms with Crippen molar-refractivity contribution in [3.05, 3.63) is 82.4 Å². The third-order valence-corrected chi connectivity index (χ3v) is 8.25. The van der Waals surface area contributed by atoms with Crippen LogP contribution in [0, 0.1) is 6.92 Å². The Balaban J connectivity index is 1.55. The van der Waals surface area contributed by atoms with Crippen LogP contribution in [0.4, 0.5) is 5.13 Å². The molecule has 2 aliphatic rings. The Hall–Kier alpha value is -4.37. The van der Waals surface area contributed by atoms with Gasteiger partial charge in [0.1, 0.15) is 17.6 Å². The summed E-state index contributed by atoms with van der Waals surface area (Å²) in [4.78, 5) is 33.5. The van der Waals surface area contributed by atoms with Crippen LogP contribution < -0.4 is 19.1 Å². The number of fused-ring (bicyclic) bond motifs is 2. The van der Waals surface area contributed by atoms with Gasteiger partial charge in [-0.15, -0.1) is 0 Å². The SMILES string of the molecule is CCOc1ccc([C@@H]2C(=C(O)c3ccc4c(c3)C[C@H](C)O4)C(=O)C(=O)N2c2nc3ccc(C)cc3s2)cc1OCC. The highest BCUT2D eigenvalue weighted by Crippen LogP contribution is 2.46. The second kappa shape index (κ2) is 10.6. The monoisotopic (exact) mass is 570 g/mol. The van der Waals surface area contributed by atoms with E-state index in [1.165, 1.54) is 16.2 Å². The number of aliphatic hydroxyl groups excluding tert-OH is 1. The number of Topliss-reactive ketones (excluding diaryl/α,β-unsaturated/α-hetero) is 1. The number of thiazole rings is 1. The molecule has 0 aliphatic carbocycles. The van der Waals surface area contributed by atoms with Crippen LogP contribution >= 0.6 is 11.3 Å². The second-order valence-electron chi connectivity index (χ2n) is 10.2. The standard InChI is InChI=1S/C32H30N2O6S/c1-5-38-24-12-8-19(16-25(24)39-6-2)28-27(29(35)20-9-11-23-21(15-20)14-18(4)40-23)30(36)31(37)34(28)32-33-22-10-7-17(3)13-26(22)41-32/h7-13,15-16,18,28,35H,5-6,14H2,1-4H3/t18-,28+/m0/s1. The predicted molar refractivity (Wildman–Crippen MR) is 158 cm³/mol. The van der Waals surface area contributed by atoms with Crippen LogP contribution in [0.2, 0.25) is 0 Å². The van der Waals surface area contributed by atoms with Crippen molar-refractivity contribution in [3.63, 3.8) is 0 Å². The van der Waals surface area contributed by atoms with Crippen molar-refractivity contribution in [1.82, 2.24) is 4.98 Å². The zero-order valence-electron chi connectivity index (χ0n) is 23.3. The van der Waals surface area contributed by atoms with E-state index in [0.29, 0.717) is 47.4 Å². The predicted octanol–water partition coefficient (Wildman–Crippen LogP) is 6.35. The number of aromatic nitrogens is 1. The van der Waals surface area contributed by atoms with Crippen molar-refractivity contribution in [2.75, 3.05) is 18.1 Å². The minimum absolute atomic E-state index is 0.0102. The number of ketones is 1. The van der Waals surface area contributed by atoms with Gasteiger partial charge in [0, 0.05) is 12.0 Å². The molecule has 3 heterocycles. The van der Waals surface area contributed by atoms with E-state index in [2.05, 4.69) is 0 Å². The summed E-state index contributed by atoms with van der Waals surface area (Å²) < 4.78 is 18.3. The molecule has 3 aromatic carbocycles. The molecule has 210 valence electrons. The lowest BCUT2D eigenvalue weighted by molar-refractivity contribution is -0.132. The maximum absolute atomic E-state index is 13.7. The van der Waals surface area contributed by atoms with Crippen molar-refractivity contribution >= 4 is 44.1 Å². The third-order valence-electron chi connectivity index (χ3n) is 7.24. The van der Waals surface area contributed by atoms with Crippen LogP contribution in [0.1, 0.15) is 49.1 Å². The first kappa shape index (κ1) is 26.8. The molecule has 41 heavy (non-hydrogen) atoms. The zero-order valence-corrected chi connectivity index (χ0v) is 24.1. The van der Waals surface area contributed by atoms with E-state index in [0.717, 1.165) is 27.1 Å². The Labute approximate surface area is 241 Å². The molecule has 6 rings (SSSR count). The van der Waals surface area contributed by atoms with Crippen LogP contribution in [-0.4, -0.2) is 41.1 Å². The van der Waals surface area contributed by atoms with E-state index >= 15 is 0 Å². The van der Waals surface area contributed by atoms with E-state index < -0.39 is 17.7 Å². The van der Waals surface area contributed by atoms with Crippen molar-refractivity contribution < 1.29 is 28.9 Å². The van der Waals surface area contributed by atoms with Gasteiger partial charge in [0.15, 0.2) is 16.6 Å². The minimum Gasteiger partial charge on any atom is -0.507 e. The molecule has 2 atom stereocenters. The Morgan fingerprint density at radius 2 is 1.83 bits per heavy atom. The molecule has 9 heteroatoms. The minimum atomic E-state index is -0.935. The summed E-state index contributed by atoms with van der Waals surface area (Å²) in [6.07, 6.45) is 0.715. The number of anilines is 1. The topological polar surface area (TPSA) is 98.2 Å². The molecular weight excluding hydrogens is 540 g/mol. The number of hydrogen-bond acceptors (Lipinski definition) is 8. The molecular formula is C32H30N2O6S. The number of carbonyl (C=O) groups is 2. The number of ether oxygens (including phenoxy) is 3. The highest BCUT2D eigenvalue weighted by atomic mass is 32.1. The number of amides is 1. The lowest BCUT2D eigenvalue weighted by atomic mass is 9.94. The number of benzene rings is 3. The van der Waals surface area contributed by atoms with Gasteiger partial charge in [0.25, 0.3) is 5.78 Å². The molecule has 0 saturated carbocycles. The number of aliphatic hydroxyl groups is 1. The van der Waals surface area contributed by atoms with Crippen LogP contribution in [0.25, 0.3) is 16.0 Å². The molecule has 0 bridgehead atoms. The number of nitrogens with zero attached hydrogens (tertiary/aromatic N) is 2. The van der Waals surface area contributed by atoms with Crippen molar-refractivity contribution in [1.29, 1.82) is 0 Å². The Morgan fingerprint density at radius 1 is 1.05 bits per heavy atom. The van der Waals surface area contributed by atoms with Gasteiger partial charge in [0.05, 0.1) is 35.0 Å². The molecule has 8 nitrogen and oxygen atoms in total. The van der Waals surface area contributed by atoms with Gasteiger partial charge in [0.2, 0.25) is 0 Å². The summed E-state index contributed by atoms with van der Waals surface area (Å²) >= 11 is 1.33. The summed E-state index contributed by atoms with van der Waals surface area (Å²) in [6.45, 7) is 8.57. The second-order valence-corrected chi connectivity index (χ2v) is 11.2. The van der Waals surface area contributed by atoms with Crippen LogP contribution in [0.3, 0.4) is 0 Å². The highest BCUT2D eigenvalue weighted by Gasteiger charge is 2.48. The lowest BCUT2D eigenvalue weighted by Crippen LogP contribution is -2.29. The molecule has 2 aliphatic heterocycles. The maximum atomic E-state index is 13.7. The summed E-state index contributed by atoms with van der Waals surface area (Å²) in [5.41, 5.74) is 3.75. The van der Waals surface area contributed by atoms with Gasteiger partial charge in [-0.25, -0.2) is 4.98 Å². The summed E-state index contributed by atoms with van der Waals surface area (Å²) in [7, 11) is 0. The maximum Gasteiger partial charge on any atom is 0.301 e. The fourth-order valence-electron chi connectivity index (χ4n) is 5.43. The quantitative estimate of drug-likeness (QED) is 0.157. The lowest BCUT2D eigenvalue weighted by Gasteiger charge is -2.24. The molecule has 1 amide bonds. The van der Waals surface area contributed by atoms with Crippen LogP contribution in [0.5, 0.6) is 17.2 Å². The average Bonchev–Trinajstić information content (AvgIpc) is 3.61. The van der Waals surface area contributed by atoms with E-state index in [4.69, 9.17) is 19.2 Å². The van der Waals surface area contributed by atoms with E-state index in [1.54, 1.807) is 30.3 Å². The highest BCUT2D eigenvalue weighted by molar-refractivity contribution is 7.22. The fourth-order valence-corrected chi connectivity index (χ4v) is 6.52. The number of rotatable bonds is 7. The first-order chi connectivity index (χ1) is 19.8. The number of carbonyl (C=O) groups excluding carboxylic acids is 2. The molecule has 1 N–H and O–H groups in total. The molecule has 1 saturated heterocycles. The van der Waals surface area contributed by atoms with Crippen molar-refractivity contribution in [2.24, 2.45) is 0 Å². The Kier molecular flexibility index (Phi) is 6.91. The first-order valence-electron chi connectivity index (χ1n) is 13.7. The molecule has 1 aromatic heterocycles. The van der Waals surface area contributed by atoms with E-state index in [9.17, 15) is 14.7 Å². The summed E-state index contributed by atoms with van der Waals surface area (Å²) in [6, 6.07) is 15.6. The van der Waals surface area contributed by atoms with Gasteiger partial charge >= 0.3 is 5.91 Å². The summed E-state index contributed by atoms with van der Waals surface area (Å²) in [5.74, 6) is 0.0159. The van der Waals surface area contributed by atoms with Crippen molar-refractivity contribution in [3.8, 4) is 17.2 Å².